The Kier molecular flexibility index (Phi) is 3.63. The molecule has 0 unspecified atom stereocenters. The monoisotopic (exact) mass is 264 g/mol. The van der Waals surface area contributed by atoms with Crippen molar-refractivity contribution < 1.29 is 35.1 Å². The molecule has 0 saturated carbocycles. The van der Waals surface area contributed by atoms with Gasteiger partial charge in [0.2, 0.25) is 5.82 Å². The molecule has 1 aromatic carbocycles. The van der Waals surface area contributed by atoms with E-state index in [9.17, 15) is 35.1 Å². The van der Waals surface area contributed by atoms with Crippen LogP contribution in [0.2, 0.25) is 0 Å². The maximum absolute atomic E-state index is 12.9. The Morgan fingerprint density at radius 1 is 0.647 bits per heavy atom. The van der Waals surface area contributed by atoms with Gasteiger partial charge in [0.25, 0.3) is 0 Å². The number of hydrogen-bond donors (Lipinski definition) is 0. The van der Waals surface area contributed by atoms with Crippen LogP contribution in [0, 0.1) is 29.1 Å². The van der Waals surface area contributed by atoms with Gasteiger partial charge in [0.1, 0.15) is 0 Å². The Morgan fingerprint density at radius 3 is 1.35 bits per heavy atom. The van der Waals surface area contributed by atoms with Gasteiger partial charge in [-0.2, -0.15) is 13.2 Å². The molecule has 0 aliphatic rings. The van der Waals surface area contributed by atoms with E-state index < -0.39 is 53.7 Å². The van der Waals surface area contributed by atoms with Crippen LogP contribution in [0.15, 0.2) is 0 Å². The third-order valence-corrected chi connectivity index (χ3v) is 1.96. The van der Waals surface area contributed by atoms with Crippen molar-refractivity contribution in [1.82, 2.24) is 0 Å². The lowest BCUT2D eigenvalue weighted by Crippen LogP contribution is -2.13. The summed E-state index contributed by atoms with van der Waals surface area (Å²) in [6.45, 7) is 0. The van der Waals surface area contributed by atoms with Gasteiger partial charge in [-0.15, -0.1) is 0 Å². The Morgan fingerprint density at radius 2 is 1.00 bits per heavy atom. The zero-order valence-electron chi connectivity index (χ0n) is 7.94. The summed E-state index contributed by atoms with van der Waals surface area (Å²) in [6, 6.07) is 0. The Balaban J connectivity index is 3.16. The van der Waals surface area contributed by atoms with E-state index in [4.69, 9.17) is 0 Å². The molecule has 8 heteroatoms. The molecule has 0 heterocycles. The van der Waals surface area contributed by atoms with Crippen molar-refractivity contribution in [3.05, 3.63) is 34.6 Å². The average Bonchev–Trinajstić information content (AvgIpc) is 2.22. The van der Waals surface area contributed by atoms with Crippen LogP contribution >= 0.6 is 0 Å². The van der Waals surface area contributed by atoms with Crippen molar-refractivity contribution in [2.75, 3.05) is 0 Å². The first kappa shape index (κ1) is 13.7. The van der Waals surface area contributed by atoms with Crippen molar-refractivity contribution >= 4 is 0 Å². The molecule has 1 rings (SSSR count). The molecule has 0 aliphatic heterocycles. The van der Waals surface area contributed by atoms with Crippen LogP contribution in [0.1, 0.15) is 12.0 Å². The van der Waals surface area contributed by atoms with Gasteiger partial charge in [0.05, 0.1) is 0 Å². The van der Waals surface area contributed by atoms with Crippen molar-refractivity contribution in [2.45, 2.75) is 19.0 Å². The molecule has 0 spiro atoms. The van der Waals surface area contributed by atoms with Gasteiger partial charge < -0.3 is 0 Å². The standard InChI is InChI=1S/C9H4F8/c10-4-3(1-2-9(15,16)17)5(11)7(13)8(14)6(4)12/h1-2H2. The topological polar surface area (TPSA) is 0 Å². The zero-order chi connectivity index (χ0) is 13.4. The second-order valence-corrected chi connectivity index (χ2v) is 3.16. The van der Waals surface area contributed by atoms with Crippen LogP contribution < -0.4 is 0 Å². The van der Waals surface area contributed by atoms with Gasteiger partial charge in [-0.25, -0.2) is 22.0 Å². The summed E-state index contributed by atoms with van der Waals surface area (Å²) in [5, 5.41) is 0. The summed E-state index contributed by atoms with van der Waals surface area (Å²) >= 11 is 0. The predicted molar refractivity (Wildman–Crippen MR) is 40.6 cm³/mol. The molecule has 0 atom stereocenters. The summed E-state index contributed by atoms with van der Waals surface area (Å²) in [5.74, 6) is -11.4. The fraction of sp³-hybridized carbons (Fsp3) is 0.333. The summed E-state index contributed by atoms with van der Waals surface area (Å²) in [4.78, 5) is 0. The Hall–Kier alpha value is -1.34. The van der Waals surface area contributed by atoms with Crippen LogP contribution in [-0.2, 0) is 6.42 Å². The van der Waals surface area contributed by atoms with Gasteiger partial charge in [-0.1, -0.05) is 0 Å². The molecule has 0 aliphatic carbocycles. The second kappa shape index (κ2) is 4.50. The minimum absolute atomic E-state index is 1.31. The van der Waals surface area contributed by atoms with Crippen LogP contribution in [-0.4, -0.2) is 6.18 Å². The molecule has 0 fully saturated rings. The quantitative estimate of drug-likeness (QED) is 0.432. The SMILES string of the molecule is Fc1c(F)c(F)c(CCC(F)(F)F)c(F)c1F. The summed E-state index contributed by atoms with van der Waals surface area (Å²) in [6.07, 6.45) is -7.74. The molecular weight excluding hydrogens is 260 g/mol. The molecule has 0 radical (unpaired) electrons. The Labute approximate surface area is 89.9 Å². The first-order chi connectivity index (χ1) is 7.65. The van der Waals surface area contributed by atoms with E-state index in [1.54, 1.807) is 0 Å². The van der Waals surface area contributed by atoms with E-state index in [2.05, 4.69) is 0 Å². The lowest BCUT2D eigenvalue weighted by Gasteiger charge is -2.09. The minimum Gasteiger partial charge on any atom is -0.203 e. The van der Waals surface area contributed by atoms with Crippen molar-refractivity contribution in [2.24, 2.45) is 0 Å². The van der Waals surface area contributed by atoms with Gasteiger partial charge in [0.15, 0.2) is 23.3 Å². The number of alkyl halides is 3. The van der Waals surface area contributed by atoms with E-state index in [0.29, 0.717) is 0 Å². The van der Waals surface area contributed by atoms with E-state index >= 15 is 0 Å². The maximum Gasteiger partial charge on any atom is 0.389 e. The highest BCUT2D eigenvalue weighted by Crippen LogP contribution is 2.27. The van der Waals surface area contributed by atoms with Gasteiger partial charge in [0, 0.05) is 12.0 Å². The van der Waals surface area contributed by atoms with Crippen LogP contribution in [0.25, 0.3) is 0 Å². The smallest absolute Gasteiger partial charge is 0.203 e. The van der Waals surface area contributed by atoms with Crippen LogP contribution in [0.4, 0.5) is 35.1 Å². The average molecular weight is 264 g/mol. The van der Waals surface area contributed by atoms with Gasteiger partial charge >= 0.3 is 6.18 Å². The number of rotatable bonds is 2. The Bertz CT molecular complexity index is 405. The number of halogens is 8. The third-order valence-electron chi connectivity index (χ3n) is 1.96. The molecule has 0 bridgehead atoms. The fourth-order valence-corrected chi connectivity index (χ4v) is 1.14. The zero-order valence-corrected chi connectivity index (χ0v) is 7.94. The highest BCUT2D eigenvalue weighted by molar-refractivity contribution is 5.24. The molecule has 0 N–H and O–H groups in total. The lowest BCUT2D eigenvalue weighted by atomic mass is 10.1. The molecule has 0 nitrogen and oxygen atoms in total. The molecular formula is C9H4F8. The highest BCUT2D eigenvalue weighted by atomic mass is 19.4. The van der Waals surface area contributed by atoms with Crippen LogP contribution in [0.3, 0.4) is 0 Å². The summed E-state index contributed by atoms with van der Waals surface area (Å²) in [7, 11) is 0. The largest absolute Gasteiger partial charge is 0.389 e. The van der Waals surface area contributed by atoms with E-state index in [-0.39, 0.29) is 0 Å². The van der Waals surface area contributed by atoms with Crippen molar-refractivity contribution in [3.8, 4) is 0 Å². The van der Waals surface area contributed by atoms with Crippen LogP contribution in [0.5, 0.6) is 0 Å². The van der Waals surface area contributed by atoms with Crippen molar-refractivity contribution in [1.29, 1.82) is 0 Å². The molecule has 1 aromatic rings. The highest BCUT2D eigenvalue weighted by Gasteiger charge is 2.31. The van der Waals surface area contributed by atoms with E-state index in [0.717, 1.165) is 0 Å². The van der Waals surface area contributed by atoms with Gasteiger partial charge in [-0.3, -0.25) is 0 Å². The molecule has 0 aromatic heterocycles. The molecule has 17 heavy (non-hydrogen) atoms. The fourth-order valence-electron chi connectivity index (χ4n) is 1.14. The minimum atomic E-state index is -4.75. The summed E-state index contributed by atoms with van der Waals surface area (Å²) < 4.78 is 98.8. The number of hydrogen-bond acceptors (Lipinski definition) is 0. The lowest BCUT2D eigenvalue weighted by molar-refractivity contribution is -0.134. The maximum atomic E-state index is 12.9. The second-order valence-electron chi connectivity index (χ2n) is 3.16. The molecule has 96 valence electrons. The predicted octanol–water partition coefficient (Wildman–Crippen LogP) is 3.88. The van der Waals surface area contributed by atoms with E-state index in [1.807, 2.05) is 0 Å². The summed E-state index contributed by atoms with van der Waals surface area (Å²) in [5.41, 5.74) is -1.46. The van der Waals surface area contributed by atoms with Gasteiger partial charge in [-0.05, 0) is 6.42 Å². The first-order valence-corrected chi connectivity index (χ1v) is 4.22. The first-order valence-electron chi connectivity index (χ1n) is 4.22. The normalized spacial score (nSPS) is 12.0. The number of benzene rings is 1. The molecule has 0 saturated heterocycles. The van der Waals surface area contributed by atoms with Crippen molar-refractivity contribution in [3.63, 3.8) is 0 Å². The third kappa shape index (κ3) is 2.86. The molecule has 0 amide bonds. The van der Waals surface area contributed by atoms with E-state index in [1.165, 1.54) is 0 Å².